The van der Waals surface area contributed by atoms with Crippen molar-refractivity contribution in [3.63, 3.8) is 0 Å². The molecule has 0 radical (unpaired) electrons. The van der Waals surface area contributed by atoms with E-state index in [1.807, 2.05) is 58.0 Å². The van der Waals surface area contributed by atoms with Crippen LogP contribution < -0.4 is 14.8 Å². The van der Waals surface area contributed by atoms with Crippen LogP contribution in [-0.4, -0.2) is 23.7 Å². The van der Waals surface area contributed by atoms with Gasteiger partial charge in [-0.1, -0.05) is 117 Å². The van der Waals surface area contributed by atoms with Crippen molar-refractivity contribution in [2.75, 3.05) is 0 Å². The Labute approximate surface area is 292 Å². The van der Waals surface area contributed by atoms with Gasteiger partial charge in [-0.3, -0.25) is 0 Å². The van der Waals surface area contributed by atoms with Crippen LogP contribution in [0.5, 0.6) is 11.5 Å². The van der Waals surface area contributed by atoms with Gasteiger partial charge in [0.15, 0.2) is 0 Å². The van der Waals surface area contributed by atoms with Crippen molar-refractivity contribution >= 4 is 12.1 Å². The quantitative estimate of drug-likeness (QED) is 0.127. The lowest BCUT2D eigenvalue weighted by atomic mass is 9.83. The summed E-state index contributed by atoms with van der Waals surface area (Å²) in [7, 11) is 0. The van der Waals surface area contributed by atoms with E-state index < -0.39 is 18.1 Å². The molecule has 1 amide bonds. The van der Waals surface area contributed by atoms with Crippen molar-refractivity contribution in [1.29, 1.82) is 0 Å². The number of benzene rings is 2. The number of hydrogen-bond acceptors (Lipinski definition) is 5. The number of alkyl carbamates (subject to hydrolysis) is 1. The Morgan fingerprint density at radius 3 is 2.04 bits per heavy atom. The number of hydrogen-bond donors (Lipinski definition) is 1. The van der Waals surface area contributed by atoms with Crippen LogP contribution in [0, 0.1) is 44.4 Å². The van der Waals surface area contributed by atoms with Gasteiger partial charge >= 0.3 is 12.1 Å². The second-order valence-electron chi connectivity index (χ2n) is 15.8. The molecule has 4 atom stereocenters. The molecule has 0 fully saturated rings. The summed E-state index contributed by atoms with van der Waals surface area (Å²) >= 11 is 0. The molecule has 48 heavy (non-hydrogen) atoms. The summed E-state index contributed by atoms with van der Waals surface area (Å²) in [5.41, 5.74) is 4.63. The lowest BCUT2D eigenvalue weighted by Crippen LogP contribution is -2.46. The molecule has 0 saturated carbocycles. The molecule has 0 spiro atoms. The largest absolute Gasteiger partial charge is 0.487 e. The van der Waals surface area contributed by atoms with Crippen molar-refractivity contribution in [2.24, 2.45) is 23.7 Å². The number of ether oxygens (including phenoxy) is 3. The minimum absolute atomic E-state index is 0.130. The molecule has 0 aromatic heterocycles. The molecule has 0 saturated heterocycles. The molecule has 1 heterocycles. The Hall–Kier alpha value is -3.02. The molecule has 6 heteroatoms. The third-order valence-corrected chi connectivity index (χ3v) is 10.4. The van der Waals surface area contributed by atoms with Gasteiger partial charge < -0.3 is 19.5 Å². The van der Waals surface area contributed by atoms with Crippen LogP contribution in [0.15, 0.2) is 30.3 Å². The fourth-order valence-electron chi connectivity index (χ4n) is 6.97. The van der Waals surface area contributed by atoms with Gasteiger partial charge in [-0.25, -0.2) is 9.59 Å². The number of carbonyl (C=O) groups excluding carboxylic acids is 2. The minimum Gasteiger partial charge on any atom is -0.487 e. The smallest absolute Gasteiger partial charge is 0.408 e. The van der Waals surface area contributed by atoms with Crippen LogP contribution in [0.4, 0.5) is 4.79 Å². The van der Waals surface area contributed by atoms with E-state index in [2.05, 4.69) is 46.9 Å². The number of esters is 1. The third kappa shape index (κ3) is 11.8. The van der Waals surface area contributed by atoms with Crippen molar-refractivity contribution in [2.45, 2.75) is 158 Å². The summed E-state index contributed by atoms with van der Waals surface area (Å²) in [6, 6.07) is 8.62. The van der Waals surface area contributed by atoms with Crippen molar-refractivity contribution in [3.8, 4) is 11.5 Å². The topological polar surface area (TPSA) is 73.9 Å². The van der Waals surface area contributed by atoms with E-state index in [-0.39, 0.29) is 18.1 Å². The van der Waals surface area contributed by atoms with Crippen LogP contribution in [-0.2, 0) is 22.6 Å². The first-order chi connectivity index (χ1) is 22.7. The number of nitrogens with one attached hydrogen (secondary N) is 1. The van der Waals surface area contributed by atoms with Gasteiger partial charge in [0.25, 0.3) is 0 Å². The monoisotopic (exact) mass is 663 g/mol. The molecular formula is C42H65NO5. The maximum Gasteiger partial charge on any atom is 0.408 e. The van der Waals surface area contributed by atoms with Crippen molar-refractivity contribution in [3.05, 3.63) is 58.1 Å². The Kier molecular flexibility index (Phi) is 15.3. The maximum absolute atomic E-state index is 13.5. The normalized spacial score (nSPS) is 17.8. The van der Waals surface area contributed by atoms with E-state index in [9.17, 15) is 9.59 Å². The summed E-state index contributed by atoms with van der Waals surface area (Å²) < 4.78 is 18.3. The first-order valence-electron chi connectivity index (χ1n) is 18.7. The molecule has 0 aliphatic carbocycles. The maximum atomic E-state index is 13.5. The third-order valence-electron chi connectivity index (χ3n) is 10.4. The van der Waals surface area contributed by atoms with E-state index in [4.69, 9.17) is 14.2 Å². The van der Waals surface area contributed by atoms with E-state index >= 15 is 0 Å². The predicted octanol–water partition coefficient (Wildman–Crippen LogP) is 11.0. The summed E-state index contributed by atoms with van der Waals surface area (Å²) in [6.07, 6.45) is 12.7. The van der Waals surface area contributed by atoms with Gasteiger partial charge in [0.1, 0.15) is 29.7 Å². The Morgan fingerprint density at radius 2 is 1.44 bits per heavy atom. The zero-order valence-electron chi connectivity index (χ0n) is 31.8. The van der Waals surface area contributed by atoms with Gasteiger partial charge in [-0.05, 0) is 99.3 Å². The highest BCUT2D eigenvalue weighted by Gasteiger charge is 2.36. The van der Waals surface area contributed by atoms with Gasteiger partial charge in [0, 0.05) is 5.56 Å². The Morgan fingerprint density at radius 1 is 0.833 bits per heavy atom. The van der Waals surface area contributed by atoms with Crippen molar-refractivity contribution < 1.29 is 23.8 Å². The minimum atomic E-state index is -0.844. The molecule has 268 valence electrons. The highest BCUT2D eigenvalue weighted by molar-refractivity contribution is 5.84. The predicted molar refractivity (Wildman–Crippen MR) is 197 cm³/mol. The number of carbonyl (C=O) groups is 2. The first kappa shape index (κ1) is 39.4. The van der Waals surface area contributed by atoms with Crippen LogP contribution in [0.3, 0.4) is 0 Å². The molecule has 1 aliphatic rings. The molecule has 1 N–H and O–H groups in total. The number of fused-ring (bicyclic) bond motifs is 1. The average Bonchev–Trinajstić information content (AvgIpc) is 3.03. The van der Waals surface area contributed by atoms with Crippen LogP contribution in [0.1, 0.15) is 140 Å². The van der Waals surface area contributed by atoms with Gasteiger partial charge in [-0.2, -0.15) is 0 Å². The number of amides is 1. The van der Waals surface area contributed by atoms with Crippen LogP contribution in [0.25, 0.3) is 0 Å². The molecular weight excluding hydrogens is 598 g/mol. The second kappa shape index (κ2) is 18.7. The molecule has 6 nitrogen and oxygen atoms in total. The van der Waals surface area contributed by atoms with Crippen LogP contribution >= 0.6 is 0 Å². The number of rotatable bonds is 18. The fraction of sp³-hybridized carbons (Fsp3) is 0.667. The molecule has 0 unspecified atom stereocenters. The molecule has 0 bridgehead atoms. The van der Waals surface area contributed by atoms with Gasteiger partial charge in [0.2, 0.25) is 0 Å². The lowest BCUT2D eigenvalue weighted by Gasteiger charge is -2.38. The van der Waals surface area contributed by atoms with Crippen LogP contribution in [0.2, 0.25) is 0 Å². The highest BCUT2D eigenvalue weighted by Crippen LogP contribution is 2.45. The van der Waals surface area contributed by atoms with Gasteiger partial charge in [-0.15, -0.1) is 0 Å². The highest BCUT2D eigenvalue weighted by atomic mass is 16.6. The first-order valence-corrected chi connectivity index (χ1v) is 18.7. The average molecular weight is 664 g/mol. The molecule has 3 rings (SSSR count). The summed E-state index contributed by atoms with van der Waals surface area (Å²) in [4.78, 5) is 26.1. The van der Waals surface area contributed by atoms with E-state index in [0.29, 0.717) is 5.75 Å². The van der Waals surface area contributed by atoms with E-state index in [1.165, 1.54) is 51.4 Å². The second-order valence-corrected chi connectivity index (χ2v) is 15.8. The fourth-order valence-corrected chi connectivity index (χ4v) is 6.97. The van der Waals surface area contributed by atoms with E-state index in [0.717, 1.165) is 70.6 Å². The van der Waals surface area contributed by atoms with E-state index in [1.54, 1.807) is 0 Å². The summed E-state index contributed by atoms with van der Waals surface area (Å²) in [6.45, 7) is 21.7. The molecule has 2 aromatic carbocycles. The standard InChI is InChI=1S/C42H65NO5/c1-28(2)17-14-18-30(5)19-15-20-31(6)21-16-25-42(10)26-24-36-34(9)38(32(7)33(8)39(36)48-42)47-40(44)37(29(3)4)43-41(45)46-27-35-22-12-11-13-23-35/h11-13,22-23,28-31,37H,14-21,24-27H2,1-10H3,(H,43,45)/t30-,31-,37+,42-/m1/s1. The zero-order valence-corrected chi connectivity index (χ0v) is 31.8. The van der Waals surface area contributed by atoms with Crippen molar-refractivity contribution in [1.82, 2.24) is 5.32 Å². The summed E-state index contributed by atoms with van der Waals surface area (Å²) in [5.74, 6) is 3.23. The Balaban J connectivity index is 1.55. The lowest BCUT2D eigenvalue weighted by molar-refractivity contribution is -0.137. The molecule has 2 aromatic rings. The summed E-state index contributed by atoms with van der Waals surface area (Å²) in [5, 5.41) is 2.73. The zero-order chi connectivity index (χ0) is 35.4. The molecule has 1 aliphatic heterocycles. The Bertz CT molecular complexity index is 1320. The SMILES string of the molecule is Cc1c(C)c2c(c(C)c1OC(=O)[C@@H](NC(=O)OCc1ccccc1)C(C)C)CC[C@@](C)(CCC[C@H](C)CCC[C@H](C)CCCC(C)C)O2. The van der Waals surface area contributed by atoms with Gasteiger partial charge in [0.05, 0.1) is 0 Å².